The van der Waals surface area contributed by atoms with Crippen molar-refractivity contribution in [3.8, 4) is 0 Å². The van der Waals surface area contributed by atoms with E-state index in [1.807, 2.05) is 0 Å². The van der Waals surface area contributed by atoms with Gasteiger partial charge < -0.3 is 4.90 Å². The van der Waals surface area contributed by atoms with E-state index in [0.29, 0.717) is 11.3 Å². The van der Waals surface area contributed by atoms with Crippen molar-refractivity contribution in [1.82, 2.24) is 9.88 Å². The van der Waals surface area contributed by atoms with Crippen molar-refractivity contribution >= 4 is 22.9 Å². The SMILES string of the molecule is CCC1(CC)CCN(CCc2nc(CCl)cs2)C1. The number of rotatable bonds is 6. The van der Waals surface area contributed by atoms with Gasteiger partial charge in [-0.2, -0.15) is 0 Å². The molecule has 102 valence electrons. The van der Waals surface area contributed by atoms with Gasteiger partial charge in [0, 0.05) is 24.9 Å². The smallest absolute Gasteiger partial charge is 0.0941 e. The fourth-order valence-electron chi connectivity index (χ4n) is 2.82. The molecule has 0 atom stereocenters. The number of likely N-dealkylation sites (tertiary alicyclic amines) is 1. The van der Waals surface area contributed by atoms with Gasteiger partial charge in [0.15, 0.2) is 0 Å². The Balaban J connectivity index is 1.81. The summed E-state index contributed by atoms with van der Waals surface area (Å²) in [4.78, 5) is 7.13. The molecule has 0 aromatic carbocycles. The lowest BCUT2D eigenvalue weighted by Crippen LogP contribution is -2.28. The van der Waals surface area contributed by atoms with Gasteiger partial charge in [-0.3, -0.25) is 0 Å². The zero-order valence-electron chi connectivity index (χ0n) is 11.4. The Morgan fingerprint density at radius 3 is 2.78 bits per heavy atom. The van der Waals surface area contributed by atoms with Crippen LogP contribution in [0, 0.1) is 5.41 Å². The zero-order valence-corrected chi connectivity index (χ0v) is 13.0. The third kappa shape index (κ3) is 3.25. The van der Waals surface area contributed by atoms with Crippen molar-refractivity contribution in [3.05, 3.63) is 16.1 Å². The summed E-state index contributed by atoms with van der Waals surface area (Å²) in [5, 5.41) is 3.31. The Hall–Kier alpha value is -0.120. The van der Waals surface area contributed by atoms with Gasteiger partial charge in [-0.05, 0) is 31.2 Å². The van der Waals surface area contributed by atoms with Crippen molar-refractivity contribution in [2.75, 3.05) is 19.6 Å². The molecule has 1 fully saturated rings. The highest BCUT2D eigenvalue weighted by atomic mass is 35.5. The van der Waals surface area contributed by atoms with Gasteiger partial charge in [-0.15, -0.1) is 22.9 Å². The monoisotopic (exact) mass is 286 g/mol. The molecule has 0 aliphatic carbocycles. The van der Waals surface area contributed by atoms with Gasteiger partial charge in [0.05, 0.1) is 16.6 Å². The first-order valence-electron chi connectivity index (χ1n) is 6.93. The maximum Gasteiger partial charge on any atom is 0.0941 e. The lowest BCUT2D eigenvalue weighted by molar-refractivity contribution is 0.242. The summed E-state index contributed by atoms with van der Waals surface area (Å²) < 4.78 is 0. The molecule has 0 unspecified atom stereocenters. The summed E-state index contributed by atoms with van der Waals surface area (Å²) >= 11 is 7.52. The van der Waals surface area contributed by atoms with E-state index in [0.717, 1.165) is 18.7 Å². The second kappa shape index (κ2) is 6.36. The summed E-state index contributed by atoms with van der Waals surface area (Å²) in [6.07, 6.45) is 5.07. The van der Waals surface area contributed by atoms with Crippen LogP contribution in [0.5, 0.6) is 0 Å². The van der Waals surface area contributed by atoms with Crippen molar-refractivity contribution in [1.29, 1.82) is 0 Å². The molecule has 2 nitrogen and oxygen atoms in total. The number of hydrogen-bond acceptors (Lipinski definition) is 3. The number of halogens is 1. The number of thiazole rings is 1. The molecule has 0 N–H and O–H groups in total. The van der Waals surface area contributed by atoms with Crippen LogP contribution in [0.1, 0.15) is 43.8 Å². The molecule has 0 spiro atoms. The van der Waals surface area contributed by atoms with Crippen LogP contribution >= 0.6 is 22.9 Å². The second-order valence-corrected chi connectivity index (χ2v) is 6.56. The van der Waals surface area contributed by atoms with E-state index in [1.165, 1.54) is 37.4 Å². The Bertz CT molecular complexity index is 374. The minimum atomic E-state index is 0.537. The van der Waals surface area contributed by atoms with Crippen LogP contribution in [-0.4, -0.2) is 29.5 Å². The highest BCUT2D eigenvalue weighted by Gasteiger charge is 2.34. The molecule has 0 amide bonds. The summed E-state index contributed by atoms with van der Waals surface area (Å²) in [7, 11) is 0. The van der Waals surface area contributed by atoms with Crippen LogP contribution in [0.4, 0.5) is 0 Å². The summed E-state index contributed by atoms with van der Waals surface area (Å²) in [6, 6.07) is 0. The third-order valence-corrected chi connectivity index (χ3v) is 5.63. The molecule has 18 heavy (non-hydrogen) atoms. The molecule has 4 heteroatoms. The molecule has 2 rings (SSSR count). The predicted octanol–water partition coefficient (Wildman–Crippen LogP) is 3.94. The summed E-state index contributed by atoms with van der Waals surface area (Å²) in [5.74, 6) is 0.537. The number of alkyl halides is 1. The van der Waals surface area contributed by atoms with Gasteiger partial charge in [-0.25, -0.2) is 4.98 Å². The van der Waals surface area contributed by atoms with Crippen LogP contribution in [0.15, 0.2) is 5.38 Å². The molecule has 0 saturated carbocycles. The fraction of sp³-hybridized carbons (Fsp3) is 0.786. The van der Waals surface area contributed by atoms with Gasteiger partial charge in [0.25, 0.3) is 0 Å². The molecule has 0 bridgehead atoms. The Morgan fingerprint density at radius 1 is 1.44 bits per heavy atom. The normalized spacial score (nSPS) is 19.5. The lowest BCUT2D eigenvalue weighted by Gasteiger charge is -2.26. The zero-order chi connectivity index (χ0) is 13.0. The third-order valence-electron chi connectivity index (χ3n) is 4.40. The van der Waals surface area contributed by atoms with Gasteiger partial charge in [-0.1, -0.05) is 13.8 Å². The van der Waals surface area contributed by atoms with E-state index in [-0.39, 0.29) is 0 Å². The van der Waals surface area contributed by atoms with Gasteiger partial charge in [0.2, 0.25) is 0 Å². The average Bonchev–Trinajstić information content (AvgIpc) is 3.03. The van der Waals surface area contributed by atoms with Crippen molar-refractivity contribution < 1.29 is 0 Å². The highest BCUT2D eigenvalue weighted by Crippen LogP contribution is 2.36. The first-order chi connectivity index (χ1) is 8.71. The van der Waals surface area contributed by atoms with E-state index in [1.54, 1.807) is 11.3 Å². The second-order valence-electron chi connectivity index (χ2n) is 5.35. The number of nitrogens with zero attached hydrogens (tertiary/aromatic N) is 2. The molecule has 0 radical (unpaired) electrons. The molecule has 1 aliphatic rings. The maximum atomic E-state index is 5.78. The predicted molar refractivity (Wildman–Crippen MR) is 79.4 cm³/mol. The summed E-state index contributed by atoms with van der Waals surface area (Å²) in [6.45, 7) is 8.35. The van der Waals surface area contributed by atoms with Crippen LogP contribution in [0.3, 0.4) is 0 Å². The first-order valence-corrected chi connectivity index (χ1v) is 8.34. The highest BCUT2D eigenvalue weighted by molar-refractivity contribution is 7.09. The van der Waals surface area contributed by atoms with E-state index < -0.39 is 0 Å². The molecule has 1 aromatic heterocycles. The standard InChI is InChI=1S/C14H23ClN2S/c1-3-14(4-2)6-8-17(11-14)7-5-13-16-12(9-15)10-18-13/h10H,3-9,11H2,1-2H3. The topological polar surface area (TPSA) is 16.1 Å². The number of aromatic nitrogens is 1. The quantitative estimate of drug-likeness (QED) is 0.737. The molecular weight excluding hydrogens is 264 g/mol. The van der Waals surface area contributed by atoms with Crippen LogP contribution in [0.25, 0.3) is 0 Å². The van der Waals surface area contributed by atoms with Crippen LogP contribution in [-0.2, 0) is 12.3 Å². The first kappa shape index (κ1) is 14.3. The van der Waals surface area contributed by atoms with Crippen molar-refractivity contribution in [2.45, 2.75) is 45.4 Å². The fourth-order valence-corrected chi connectivity index (χ4v) is 3.84. The van der Waals surface area contributed by atoms with E-state index in [4.69, 9.17) is 11.6 Å². The van der Waals surface area contributed by atoms with E-state index in [9.17, 15) is 0 Å². The molecule has 1 aromatic rings. The Kier molecular flexibility index (Phi) is 5.05. The largest absolute Gasteiger partial charge is 0.302 e. The molecule has 1 aliphatic heterocycles. The van der Waals surface area contributed by atoms with Crippen LogP contribution in [0.2, 0.25) is 0 Å². The van der Waals surface area contributed by atoms with Gasteiger partial charge in [0.1, 0.15) is 0 Å². The Morgan fingerprint density at radius 2 is 2.22 bits per heavy atom. The average molecular weight is 287 g/mol. The van der Waals surface area contributed by atoms with E-state index >= 15 is 0 Å². The Labute approximate surface area is 119 Å². The van der Waals surface area contributed by atoms with E-state index in [2.05, 4.69) is 29.1 Å². The van der Waals surface area contributed by atoms with Crippen molar-refractivity contribution in [2.24, 2.45) is 5.41 Å². The lowest BCUT2D eigenvalue weighted by atomic mass is 9.82. The van der Waals surface area contributed by atoms with Crippen LogP contribution < -0.4 is 0 Å². The molecule has 1 saturated heterocycles. The molecule has 2 heterocycles. The maximum absolute atomic E-state index is 5.78. The minimum absolute atomic E-state index is 0.537. The van der Waals surface area contributed by atoms with Crippen molar-refractivity contribution in [3.63, 3.8) is 0 Å². The number of hydrogen-bond donors (Lipinski definition) is 0. The minimum Gasteiger partial charge on any atom is -0.302 e. The summed E-state index contributed by atoms with van der Waals surface area (Å²) in [5.41, 5.74) is 1.61. The van der Waals surface area contributed by atoms with Gasteiger partial charge >= 0.3 is 0 Å². The molecular formula is C14H23ClN2S.